The number of carbonyl (C=O) groups excluding carboxylic acids is 1. The van der Waals surface area contributed by atoms with E-state index in [-0.39, 0.29) is 10.7 Å². The van der Waals surface area contributed by atoms with E-state index in [9.17, 15) is 4.79 Å². The molecular weight excluding hydrogens is 413 g/mol. The van der Waals surface area contributed by atoms with Crippen LogP contribution in [0.15, 0.2) is 37.1 Å². The second-order valence-electron chi connectivity index (χ2n) is 6.43. The molecule has 0 spiro atoms. The minimum absolute atomic E-state index is 0.105. The highest BCUT2D eigenvalue weighted by atomic mass is 35.5. The lowest BCUT2D eigenvalue weighted by Crippen LogP contribution is -2.03. The first-order valence-electron chi connectivity index (χ1n) is 8.71. The van der Waals surface area contributed by atoms with Crippen molar-refractivity contribution in [2.75, 3.05) is 10.6 Å². The van der Waals surface area contributed by atoms with Gasteiger partial charge in [-0.15, -0.1) is 0 Å². The number of benzene rings is 1. The summed E-state index contributed by atoms with van der Waals surface area (Å²) < 4.78 is 18.6. The molecule has 0 radical (unpaired) electrons. The fraction of sp³-hybridized carbons (Fsp3) is 0.0556. The molecule has 0 saturated carbocycles. The van der Waals surface area contributed by atoms with Crippen LogP contribution in [0.25, 0.3) is 27.8 Å². The molecule has 0 unspecified atom stereocenters. The van der Waals surface area contributed by atoms with Crippen LogP contribution < -0.4 is 10.6 Å². The molecule has 0 saturated heterocycles. The molecule has 0 aliphatic heterocycles. The number of aryl methyl sites for hydroxylation is 1. The van der Waals surface area contributed by atoms with Gasteiger partial charge in [-0.3, -0.25) is 19.6 Å². The van der Waals surface area contributed by atoms with Gasteiger partial charge in [0.25, 0.3) is 0 Å². The first kappa shape index (κ1) is 18.1. The molecule has 3 N–H and O–H groups in total. The van der Waals surface area contributed by atoms with Crippen LogP contribution in [-0.2, 0) is 11.8 Å². The molecule has 150 valence electrons. The number of aromatic nitrogens is 7. The molecule has 0 bridgehead atoms. The third-order valence-electron chi connectivity index (χ3n) is 4.67. The second-order valence-corrected chi connectivity index (χ2v) is 6.81. The molecular formula is C18H13ClFN9O. The van der Waals surface area contributed by atoms with Crippen LogP contribution in [0.4, 0.5) is 21.7 Å². The first-order valence-corrected chi connectivity index (χ1v) is 9.09. The van der Waals surface area contributed by atoms with Gasteiger partial charge in [0.1, 0.15) is 11.5 Å². The lowest BCUT2D eigenvalue weighted by Gasteiger charge is -2.13. The number of H-pyrrole nitrogens is 1. The Bertz CT molecular complexity index is 1420. The summed E-state index contributed by atoms with van der Waals surface area (Å²) in [6, 6.07) is 1.71. The number of aromatic amines is 1. The smallest absolute Gasteiger partial charge is 0.212 e. The molecule has 1 aromatic carbocycles. The standard InChI is InChI=1S/C18H13ClFN9O/c1-28-12(2-3-24-28)26-18-16(20)15(19)14(9-4-23-27-17(9)18)10-6-29-7-11(22-8-30)25-13(29)5-21-10/h2-8,26H,1H3,(H,22,30)(H,23,27). The van der Waals surface area contributed by atoms with Crippen LogP contribution in [-0.4, -0.2) is 40.8 Å². The van der Waals surface area contributed by atoms with Gasteiger partial charge in [0.15, 0.2) is 17.3 Å². The predicted octanol–water partition coefficient (Wildman–Crippen LogP) is 3.11. The lowest BCUT2D eigenvalue weighted by atomic mass is 10.1. The molecule has 10 nitrogen and oxygen atoms in total. The molecule has 0 aliphatic carbocycles. The maximum atomic E-state index is 15.3. The minimum atomic E-state index is -0.652. The molecule has 5 rings (SSSR count). The van der Waals surface area contributed by atoms with Crippen LogP contribution in [0.3, 0.4) is 0 Å². The largest absolute Gasteiger partial charge is 0.336 e. The Balaban J connectivity index is 1.69. The average molecular weight is 426 g/mol. The van der Waals surface area contributed by atoms with Gasteiger partial charge >= 0.3 is 0 Å². The van der Waals surface area contributed by atoms with Gasteiger partial charge in [0, 0.05) is 30.3 Å². The van der Waals surface area contributed by atoms with Crippen molar-refractivity contribution in [1.29, 1.82) is 0 Å². The van der Waals surface area contributed by atoms with Gasteiger partial charge in [-0.05, 0) is 0 Å². The van der Waals surface area contributed by atoms with Crippen molar-refractivity contribution < 1.29 is 9.18 Å². The Morgan fingerprint density at radius 2 is 2.17 bits per heavy atom. The van der Waals surface area contributed by atoms with Crippen molar-refractivity contribution in [3.05, 3.63) is 47.9 Å². The summed E-state index contributed by atoms with van der Waals surface area (Å²) >= 11 is 6.45. The van der Waals surface area contributed by atoms with Crippen LogP contribution in [0.1, 0.15) is 0 Å². The number of amides is 1. The van der Waals surface area contributed by atoms with E-state index in [1.54, 1.807) is 47.0 Å². The summed E-state index contributed by atoms with van der Waals surface area (Å²) in [5, 5.41) is 16.9. The molecule has 0 fully saturated rings. The number of imidazole rings is 1. The Kier molecular flexibility index (Phi) is 4.10. The highest BCUT2D eigenvalue weighted by Crippen LogP contribution is 2.41. The lowest BCUT2D eigenvalue weighted by molar-refractivity contribution is -0.105. The Morgan fingerprint density at radius 3 is 2.93 bits per heavy atom. The summed E-state index contributed by atoms with van der Waals surface area (Å²) in [6.45, 7) is 0. The van der Waals surface area contributed by atoms with E-state index < -0.39 is 5.82 Å². The molecule has 0 atom stereocenters. The summed E-state index contributed by atoms with van der Waals surface area (Å²) in [7, 11) is 1.73. The van der Waals surface area contributed by atoms with Crippen LogP contribution in [0.2, 0.25) is 5.02 Å². The van der Waals surface area contributed by atoms with E-state index in [0.29, 0.717) is 45.9 Å². The molecule has 4 aromatic heterocycles. The highest BCUT2D eigenvalue weighted by molar-refractivity contribution is 6.36. The van der Waals surface area contributed by atoms with Crippen LogP contribution >= 0.6 is 11.6 Å². The number of rotatable bonds is 5. The van der Waals surface area contributed by atoms with E-state index >= 15 is 4.39 Å². The second kappa shape index (κ2) is 6.81. The number of anilines is 3. The number of nitrogens with zero attached hydrogens (tertiary/aromatic N) is 6. The Labute approximate surface area is 172 Å². The van der Waals surface area contributed by atoms with Gasteiger partial charge in [0.2, 0.25) is 6.41 Å². The number of nitrogens with one attached hydrogen (secondary N) is 3. The molecule has 30 heavy (non-hydrogen) atoms. The van der Waals surface area contributed by atoms with E-state index in [4.69, 9.17) is 11.6 Å². The topological polar surface area (TPSA) is 118 Å². The van der Waals surface area contributed by atoms with Crippen LogP contribution in [0, 0.1) is 5.82 Å². The first-order chi connectivity index (χ1) is 14.6. The van der Waals surface area contributed by atoms with Gasteiger partial charge < -0.3 is 15.0 Å². The highest BCUT2D eigenvalue weighted by Gasteiger charge is 2.23. The quantitative estimate of drug-likeness (QED) is 0.372. The van der Waals surface area contributed by atoms with Crippen molar-refractivity contribution in [1.82, 2.24) is 34.3 Å². The normalized spacial score (nSPS) is 11.3. The maximum absolute atomic E-state index is 15.3. The number of hydrogen-bond acceptors (Lipinski definition) is 6. The van der Waals surface area contributed by atoms with Crippen molar-refractivity contribution in [3.63, 3.8) is 0 Å². The van der Waals surface area contributed by atoms with Gasteiger partial charge in [-0.2, -0.15) is 10.2 Å². The number of halogens is 2. The summed E-state index contributed by atoms with van der Waals surface area (Å²) in [4.78, 5) is 19.2. The molecule has 1 amide bonds. The van der Waals surface area contributed by atoms with E-state index in [1.807, 2.05) is 0 Å². The van der Waals surface area contributed by atoms with E-state index in [1.165, 1.54) is 6.20 Å². The average Bonchev–Trinajstić information content (AvgIpc) is 3.45. The third-order valence-corrected chi connectivity index (χ3v) is 5.02. The number of fused-ring (bicyclic) bond motifs is 2. The van der Waals surface area contributed by atoms with Crippen molar-refractivity contribution in [3.8, 4) is 11.3 Å². The molecule has 12 heteroatoms. The third kappa shape index (κ3) is 2.75. The SMILES string of the molecule is Cn1nccc1Nc1c(F)c(Cl)c(-c2cn3cc(NC=O)nc3cn2)c2cn[nH]c12. The molecule has 5 aromatic rings. The summed E-state index contributed by atoms with van der Waals surface area (Å²) in [6.07, 6.45) is 8.46. The zero-order valence-corrected chi connectivity index (χ0v) is 16.1. The molecule has 0 aliphatic rings. The van der Waals surface area contributed by atoms with Gasteiger partial charge in [-0.1, -0.05) is 11.6 Å². The van der Waals surface area contributed by atoms with Gasteiger partial charge in [0.05, 0.1) is 41.0 Å². The summed E-state index contributed by atoms with van der Waals surface area (Å²) in [5.74, 6) is 0.299. The van der Waals surface area contributed by atoms with Crippen molar-refractivity contribution >= 4 is 51.9 Å². The van der Waals surface area contributed by atoms with E-state index in [0.717, 1.165) is 0 Å². The Morgan fingerprint density at radius 1 is 1.30 bits per heavy atom. The fourth-order valence-electron chi connectivity index (χ4n) is 3.26. The Hall–Kier alpha value is -3.99. The molecule has 4 heterocycles. The number of hydrogen-bond donors (Lipinski definition) is 3. The zero-order valence-electron chi connectivity index (χ0n) is 15.4. The van der Waals surface area contributed by atoms with Crippen molar-refractivity contribution in [2.24, 2.45) is 7.05 Å². The number of carbonyl (C=O) groups is 1. The maximum Gasteiger partial charge on any atom is 0.212 e. The van der Waals surface area contributed by atoms with Crippen molar-refractivity contribution in [2.45, 2.75) is 0 Å². The van der Waals surface area contributed by atoms with E-state index in [2.05, 4.69) is 35.9 Å². The zero-order chi connectivity index (χ0) is 20.8. The fourth-order valence-corrected chi connectivity index (χ4v) is 3.56. The summed E-state index contributed by atoms with van der Waals surface area (Å²) in [5.41, 5.74) is 1.90. The monoisotopic (exact) mass is 425 g/mol. The van der Waals surface area contributed by atoms with Crippen LogP contribution in [0.5, 0.6) is 0 Å². The predicted molar refractivity (Wildman–Crippen MR) is 109 cm³/mol. The minimum Gasteiger partial charge on any atom is -0.336 e. The van der Waals surface area contributed by atoms with Gasteiger partial charge in [-0.25, -0.2) is 9.37 Å².